The fourth-order valence-electron chi connectivity index (χ4n) is 1.96. The summed E-state index contributed by atoms with van der Waals surface area (Å²) in [6, 6.07) is 0. The van der Waals surface area contributed by atoms with Crippen molar-refractivity contribution < 1.29 is 9.84 Å². The molecule has 0 fully saturated rings. The lowest BCUT2D eigenvalue weighted by Crippen LogP contribution is -2.39. The minimum absolute atomic E-state index is 0.0583. The number of aliphatic hydroxyl groups is 1. The molecule has 0 aromatic rings. The fourth-order valence-corrected chi connectivity index (χ4v) is 1.96. The summed E-state index contributed by atoms with van der Waals surface area (Å²) in [6.45, 7) is 8.15. The van der Waals surface area contributed by atoms with Crippen molar-refractivity contribution in [2.75, 3.05) is 19.8 Å². The van der Waals surface area contributed by atoms with Gasteiger partial charge in [-0.25, -0.2) is 0 Å². The highest BCUT2D eigenvalue weighted by Gasteiger charge is 2.15. The highest BCUT2D eigenvalue weighted by molar-refractivity contribution is 4.76. The van der Waals surface area contributed by atoms with Gasteiger partial charge in [-0.05, 0) is 38.5 Å². The van der Waals surface area contributed by atoms with E-state index in [4.69, 9.17) is 15.6 Å². The van der Waals surface area contributed by atoms with Crippen LogP contribution in [0.5, 0.6) is 0 Å². The van der Waals surface area contributed by atoms with Gasteiger partial charge in [0.15, 0.2) is 0 Å². The van der Waals surface area contributed by atoms with Gasteiger partial charge in [-0.3, -0.25) is 0 Å². The molecule has 0 aliphatic rings. The van der Waals surface area contributed by atoms with Crippen LogP contribution in [0.25, 0.3) is 0 Å². The van der Waals surface area contributed by atoms with Gasteiger partial charge < -0.3 is 15.6 Å². The van der Waals surface area contributed by atoms with Crippen LogP contribution < -0.4 is 5.73 Å². The van der Waals surface area contributed by atoms with Gasteiger partial charge in [-0.2, -0.15) is 0 Å². The molecule has 0 saturated heterocycles. The standard InChI is InChI=1S/C15H33NO2/c1-4-6-9-14(5-2)12-18-11-8-7-10-15(3,16)13-17/h14,17H,4-13,16H2,1-3H3. The Morgan fingerprint density at radius 2 is 1.94 bits per heavy atom. The quantitative estimate of drug-likeness (QED) is 0.530. The number of hydrogen-bond donors (Lipinski definition) is 2. The first-order valence-electron chi connectivity index (χ1n) is 7.53. The normalized spacial score (nSPS) is 16.5. The molecule has 3 N–H and O–H groups in total. The summed E-state index contributed by atoms with van der Waals surface area (Å²) in [7, 11) is 0. The molecule has 2 atom stereocenters. The largest absolute Gasteiger partial charge is 0.394 e. The summed E-state index contributed by atoms with van der Waals surface area (Å²) >= 11 is 0. The molecule has 0 spiro atoms. The molecular formula is C15H33NO2. The van der Waals surface area contributed by atoms with Gasteiger partial charge in [0.2, 0.25) is 0 Å². The van der Waals surface area contributed by atoms with Crippen LogP contribution in [0.2, 0.25) is 0 Å². The number of hydrogen-bond acceptors (Lipinski definition) is 3. The van der Waals surface area contributed by atoms with E-state index in [0.29, 0.717) is 0 Å². The van der Waals surface area contributed by atoms with Crippen molar-refractivity contribution in [2.45, 2.75) is 71.3 Å². The van der Waals surface area contributed by atoms with Gasteiger partial charge in [-0.1, -0.05) is 33.1 Å². The Balaban J connectivity index is 3.43. The first kappa shape index (κ1) is 17.9. The zero-order valence-corrected chi connectivity index (χ0v) is 12.6. The monoisotopic (exact) mass is 259 g/mol. The van der Waals surface area contributed by atoms with Crippen LogP contribution in [0.4, 0.5) is 0 Å². The Bertz CT molecular complexity index is 183. The van der Waals surface area contributed by atoms with E-state index in [1.807, 2.05) is 6.92 Å². The van der Waals surface area contributed by atoms with Gasteiger partial charge in [0.05, 0.1) is 6.61 Å². The molecular weight excluding hydrogens is 226 g/mol. The van der Waals surface area contributed by atoms with E-state index in [9.17, 15) is 0 Å². The van der Waals surface area contributed by atoms with Crippen molar-refractivity contribution >= 4 is 0 Å². The zero-order chi connectivity index (χ0) is 13.9. The minimum Gasteiger partial charge on any atom is -0.394 e. The molecule has 0 amide bonds. The van der Waals surface area contributed by atoms with Crippen molar-refractivity contribution in [3.8, 4) is 0 Å². The predicted molar refractivity (Wildman–Crippen MR) is 77.7 cm³/mol. The van der Waals surface area contributed by atoms with Gasteiger partial charge in [0.25, 0.3) is 0 Å². The van der Waals surface area contributed by atoms with E-state index in [0.717, 1.165) is 38.4 Å². The lowest BCUT2D eigenvalue weighted by atomic mass is 9.97. The van der Waals surface area contributed by atoms with Gasteiger partial charge in [0.1, 0.15) is 0 Å². The average Bonchev–Trinajstić information content (AvgIpc) is 2.37. The highest BCUT2D eigenvalue weighted by atomic mass is 16.5. The van der Waals surface area contributed by atoms with Gasteiger partial charge in [0, 0.05) is 18.8 Å². The number of nitrogens with two attached hydrogens (primary N) is 1. The summed E-state index contributed by atoms with van der Waals surface area (Å²) < 4.78 is 5.73. The predicted octanol–water partition coefficient (Wildman–Crippen LogP) is 3.10. The van der Waals surface area contributed by atoms with Crippen LogP contribution in [0.15, 0.2) is 0 Å². The summed E-state index contributed by atoms with van der Waals surface area (Å²) in [5, 5.41) is 9.03. The SMILES string of the molecule is CCCCC(CC)COCCCCC(C)(N)CO. The Morgan fingerprint density at radius 3 is 2.50 bits per heavy atom. The average molecular weight is 259 g/mol. The second kappa shape index (κ2) is 10.8. The van der Waals surface area contributed by atoms with E-state index in [1.165, 1.54) is 25.7 Å². The maximum Gasteiger partial charge on any atom is 0.0608 e. The van der Waals surface area contributed by atoms with Crippen LogP contribution in [0.3, 0.4) is 0 Å². The van der Waals surface area contributed by atoms with Crippen LogP contribution in [-0.2, 0) is 4.74 Å². The topological polar surface area (TPSA) is 55.5 Å². The van der Waals surface area contributed by atoms with E-state index in [1.54, 1.807) is 0 Å². The van der Waals surface area contributed by atoms with Gasteiger partial charge >= 0.3 is 0 Å². The first-order chi connectivity index (χ1) is 8.55. The van der Waals surface area contributed by atoms with Gasteiger partial charge in [-0.15, -0.1) is 0 Å². The molecule has 0 rings (SSSR count). The summed E-state index contributed by atoms with van der Waals surface area (Å²) in [5.74, 6) is 0.724. The van der Waals surface area contributed by atoms with Crippen LogP contribution in [0, 0.1) is 5.92 Å². The van der Waals surface area contributed by atoms with Crippen LogP contribution in [-0.4, -0.2) is 30.5 Å². The van der Waals surface area contributed by atoms with E-state index in [2.05, 4.69) is 13.8 Å². The minimum atomic E-state index is -0.424. The smallest absolute Gasteiger partial charge is 0.0608 e. The van der Waals surface area contributed by atoms with E-state index < -0.39 is 5.54 Å². The van der Waals surface area contributed by atoms with E-state index >= 15 is 0 Å². The van der Waals surface area contributed by atoms with Crippen molar-refractivity contribution in [1.82, 2.24) is 0 Å². The zero-order valence-electron chi connectivity index (χ0n) is 12.6. The molecule has 18 heavy (non-hydrogen) atoms. The number of ether oxygens (including phenoxy) is 1. The second-order valence-corrected chi connectivity index (χ2v) is 5.76. The molecule has 0 aromatic heterocycles. The molecule has 3 nitrogen and oxygen atoms in total. The molecule has 0 aliphatic heterocycles. The molecule has 3 heteroatoms. The summed E-state index contributed by atoms with van der Waals surface area (Å²) in [5.41, 5.74) is 5.44. The Hall–Kier alpha value is -0.120. The summed E-state index contributed by atoms with van der Waals surface area (Å²) in [4.78, 5) is 0. The van der Waals surface area contributed by atoms with Crippen molar-refractivity contribution in [2.24, 2.45) is 11.7 Å². The molecule has 0 radical (unpaired) electrons. The second-order valence-electron chi connectivity index (χ2n) is 5.76. The Morgan fingerprint density at radius 1 is 1.22 bits per heavy atom. The third-order valence-electron chi connectivity index (χ3n) is 3.54. The van der Waals surface area contributed by atoms with Crippen molar-refractivity contribution in [3.05, 3.63) is 0 Å². The van der Waals surface area contributed by atoms with Crippen LogP contribution in [0.1, 0.15) is 65.7 Å². The molecule has 0 saturated carbocycles. The molecule has 0 bridgehead atoms. The van der Waals surface area contributed by atoms with E-state index in [-0.39, 0.29) is 6.61 Å². The first-order valence-corrected chi connectivity index (χ1v) is 7.53. The third-order valence-corrected chi connectivity index (χ3v) is 3.54. The maximum atomic E-state index is 9.03. The molecule has 0 heterocycles. The fraction of sp³-hybridized carbons (Fsp3) is 1.00. The molecule has 2 unspecified atom stereocenters. The maximum absolute atomic E-state index is 9.03. The lowest BCUT2D eigenvalue weighted by molar-refractivity contribution is 0.0889. The molecule has 110 valence electrons. The Labute approximate surface area is 113 Å². The number of rotatable bonds is 12. The Kier molecular flexibility index (Phi) is 10.7. The number of aliphatic hydroxyl groups excluding tert-OH is 1. The van der Waals surface area contributed by atoms with Crippen molar-refractivity contribution in [1.29, 1.82) is 0 Å². The van der Waals surface area contributed by atoms with Crippen LogP contribution >= 0.6 is 0 Å². The molecule has 0 aromatic carbocycles. The summed E-state index contributed by atoms with van der Waals surface area (Å²) in [6.07, 6.45) is 8.01. The highest BCUT2D eigenvalue weighted by Crippen LogP contribution is 2.14. The lowest BCUT2D eigenvalue weighted by Gasteiger charge is -2.21. The third kappa shape index (κ3) is 9.86. The molecule has 0 aliphatic carbocycles. The number of unbranched alkanes of at least 4 members (excludes halogenated alkanes) is 2. The van der Waals surface area contributed by atoms with Crippen molar-refractivity contribution in [3.63, 3.8) is 0 Å².